The van der Waals surface area contributed by atoms with Crippen LogP contribution in [0, 0.1) is 0 Å². The maximum atomic E-state index is 12.2. The molecule has 0 fully saturated rings. The Labute approximate surface area is 144 Å². The largest absolute Gasteiger partial charge is 0.497 e. The van der Waals surface area contributed by atoms with Crippen molar-refractivity contribution >= 4 is 11.6 Å². The van der Waals surface area contributed by atoms with Crippen molar-refractivity contribution in [1.82, 2.24) is 25.6 Å². The summed E-state index contributed by atoms with van der Waals surface area (Å²) in [5.41, 5.74) is 5.34. The Morgan fingerprint density at radius 3 is 2.64 bits per heavy atom. The third-order valence-corrected chi connectivity index (χ3v) is 3.56. The van der Waals surface area contributed by atoms with E-state index in [4.69, 9.17) is 4.74 Å². The zero-order valence-corrected chi connectivity index (χ0v) is 13.7. The molecule has 8 heteroatoms. The van der Waals surface area contributed by atoms with E-state index < -0.39 is 0 Å². The summed E-state index contributed by atoms with van der Waals surface area (Å²) in [6, 6.07) is 14.3. The van der Waals surface area contributed by atoms with Crippen molar-refractivity contribution in [2.24, 2.45) is 5.10 Å². The maximum Gasteiger partial charge on any atom is 0.271 e. The highest BCUT2D eigenvalue weighted by Crippen LogP contribution is 2.13. The molecule has 8 nitrogen and oxygen atoms in total. The van der Waals surface area contributed by atoms with Gasteiger partial charge in [-0.25, -0.2) is 10.1 Å². The number of ether oxygens (including phenoxy) is 1. The molecule has 1 amide bonds. The summed E-state index contributed by atoms with van der Waals surface area (Å²) in [4.78, 5) is 12.2. The highest BCUT2D eigenvalue weighted by Gasteiger charge is 2.06. The van der Waals surface area contributed by atoms with E-state index in [1.807, 2.05) is 31.2 Å². The van der Waals surface area contributed by atoms with Crippen molar-refractivity contribution in [1.29, 1.82) is 0 Å². The lowest BCUT2D eigenvalue weighted by Gasteiger charge is -2.05. The second kappa shape index (κ2) is 7.35. The predicted octanol–water partition coefficient (Wildman–Crippen LogP) is 1.82. The fourth-order valence-electron chi connectivity index (χ4n) is 2.16. The van der Waals surface area contributed by atoms with E-state index in [0.717, 1.165) is 17.0 Å². The molecule has 25 heavy (non-hydrogen) atoms. The fraction of sp³-hybridized carbons (Fsp3) is 0.118. The number of methoxy groups -OCH3 is 1. The van der Waals surface area contributed by atoms with Crippen LogP contribution >= 0.6 is 0 Å². The monoisotopic (exact) mass is 336 g/mol. The van der Waals surface area contributed by atoms with Crippen molar-refractivity contribution in [2.45, 2.75) is 6.92 Å². The minimum absolute atomic E-state index is 0.300. The second-order valence-corrected chi connectivity index (χ2v) is 5.17. The average Bonchev–Trinajstić information content (AvgIpc) is 3.20. The van der Waals surface area contributed by atoms with Gasteiger partial charge in [-0.1, -0.05) is 12.1 Å². The van der Waals surface area contributed by atoms with E-state index in [2.05, 4.69) is 26.1 Å². The number of nitrogens with zero attached hydrogens (tertiary/aromatic N) is 5. The van der Waals surface area contributed by atoms with Crippen molar-refractivity contribution in [3.05, 3.63) is 66.0 Å². The highest BCUT2D eigenvalue weighted by molar-refractivity contribution is 6.01. The van der Waals surface area contributed by atoms with Crippen LogP contribution in [-0.2, 0) is 0 Å². The van der Waals surface area contributed by atoms with E-state index in [0.29, 0.717) is 11.3 Å². The van der Waals surface area contributed by atoms with Gasteiger partial charge < -0.3 is 4.74 Å². The topological polar surface area (TPSA) is 94.3 Å². The van der Waals surface area contributed by atoms with Gasteiger partial charge in [-0.05, 0) is 53.7 Å². The van der Waals surface area contributed by atoms with Crippen molar-refractivity contribution in [3.63, 3.8) is 0 Å². The van der Waals surface area contributed by atoms with Gasteiger partial charge in [0.05, 0.1) is 18.5 Å². The predicted molar refractivity (Wildman–Crippen MR) is 91.8 cm³/mol. The van der Waals surface area contributed by atoms with Crippen LogP contribution in [0.2, 0.25) is 0 Å². The molecule has 0 spiro atoms. The van der Waals surface area contributed by atoms with Crippen molar-refractivity contribution in [2.75, 3.05) is 7.11 Å². The van der Waals surface area contributed by atoms with Crippen LogP contribution in [0.1, 0.15) is 22.8 Å². The van der Waals surface area contributed by atoms with Crippen molar-refractivity contribution < 1.29 is 9.53 Å². The minimum Gasteiger partial charge on any atom is -0.497 e. The SMILES string of the molecule is COc1cccc(/C(C)=N/NC(=O)c2ccc(-n3cnnn3)cc2)c1. The summed E-state index contributed by atoms with van der Waals surface area (Å²) in [7, 11) is 1.60. The molecule has 126 valence electrons. The Hall–Kier alpha value is -3.55. The zero-order chi connectivity index (χ0) is 17.6. The first-order valence-electron chi connectivity index (χ1n) is 7.50. The molecule has 0 atom stereocenters. The standard InChI is InChI=1S/C17H16N6O2/c1-12(14-4-3-5-16(10-14)25-2)19-20-17(24)13-6-8-15(9-7-13)23-11-18-21-22-23/h3-11H,1-2H3,(H,20,24)/b19-12+. The van der Waals surface area contributed by atoms with Crippen LogP contribution in [0.4, 0.5) is 0 Å². The summed E-state index contributed by atoms with van der Waals surface area (Å²) in [5.74, 6) is 0.432. The van der Waals surface area contributed by atoms with Crippen LogP contribution in [0.5, 0.6) is 5.75 Å². The molecule has 3 rings (SSSR count). The first kappa shape index (κ1) is 16.3. The second-order valence-electron chi connectivity index (χ2n) is 5.17. The van der Waals surface area contributed by atoms with Crippen LogP contribution < -0.4 is 10.2 Å². The van der Waals surface area contributed by atoms with Gasteiger partial charge in [0.1, 0.15) is 12.1 Å². The molecule has 0 unspecified atom stereocenters. The van der Waals surface area contributed by atoms with Gasteiger partial charge in [0.2, 0.25) is 0 Å². The van der Waals surface area contributed by atoms with Crippen molar-refractivity contribution in [3.8, 4) is 11.4 Å². The van der Waals surface area contributed by atoms with Gasteiger partial charge in [0, 0.05) is 11.1 Å². The lowest BCUT2D eigenvalue weighted by molar-refractivity contribution is 0.0955. The number of amides is 1. The summed E-state index contributed by atoms with van der Waals surface area (Å²) in [6.45, 7) is 1.82. The van der Waals surface area contributed by atoms with E-state index >= 15 is 0 Å². The molecule has 0 aliphatic carbocycles. The summed E-state index contributed by atoms with van der Waals surface area (Å²) in [6.07, 6.45) is 1.48. The molecule has 0 saturated heterocycles. The fourth-order valence-corrected chi connectivity index (χ4v) is 2.16. The van der Waals surface area contributed by atoms with Gasteiger partial charge in [0.15, 0.2) is 0 Å². The van der Waals surface area contributed by atoms with E-state index in [-0.39, 0.29) is 5.91 Å². The van der Waals surface area contributed by atoms with Gasteiger partial charge in [-0.15, -0.1) is 5.10 Å². The van der Waals surface area contributed by atoms with Gasteiger partial charge in [-0.2, -0.15) is 5.10 Å². The molecule has 0 bridgehead atoms. The summed E-state index contributed by atoms with van der Waals surface area (Å²) < 4.78 is 6.69. The number of hydrogen-bond acceptors (Lipinski definition) is 6. The van der Waals surface area contributed by atoms with Gasteiger partial charge in [0.25, 0.3) is 5.91 Å². The van der Waals surface area contributed by atoms with E-state index in [1.165, 1.54) is 11.0 Å². The number of rotatable bonds is 5. The maximum absolute atomic E-state index is 12.2. The first-order valence-corrected chi connectivity index (χ1v) is 7.50. The van der Waals surface area contributed by atoms with Crippen LogP contribution in [0.3, 0.4) is 0 Å². The van der Waals surface area contributed by atoms with Crippen LogP contribution in [0.25, 0.3) is 5.69 Å². The van der Waals surface area contributed by atoms with Gasteiger partial charge in [-0.3, -0.25) is 4.79 Å². The number of hydrazone groups is 1. The number of carbonyl (C=O) groups is 1. The Kier molecular flexibility index (Phi) is 4.79. The molecular formula is C17H16N6O2. The normalized spacial score (nSPS) is 11.2. The molecular weight excluding hydrogens is 320 g/mol. The lowest BCUT2D eigenvalue weighted by atomic mass is 10.1. The third kappa shape index (κ3) is 3.86. The van der Waals surface area contributed by atoms with Gasteiger partial charge >= 0.3 is 0 Å². The number of carbonyl (C=O) groups excluding carboxylic acids is 1. The molecule has 1 N–H and O–H groups in total. The molecule has 1 aromatic heterocycles. The average molecular weight is 336 g/mol. The molecule has 0 aliphatic heterocycles. The zero-order valence-electron chi connectivity index (χ0n) is 13.7. The highest BCUT2D eigenvalue weighted by atomic mass is 16.5. The number of tetrazole rings is 1. The summed E-state index contributed by atoms with van der Waals surface area (Å²) in [5, 5.41) is 15.1. The smallest absolute Gasteiger partial charge is 0.271 e. The molecule has 0 saturated carbocycles. The summed E-state index contributed by atoms with van der Waals surface area (Å²) >= 11 is 0. The minimum atomic E-state index is -0.300. The van der Waals surface area contributed by atoms with Crippen LogP contribution in [0.15, 0.2) is 60.0 Å². The number of hydrogen-bond donors (Lipinski definition) is 1. The molecule has 0 aliphatic rings. The lowest BCUT2D eigenvalue weighted by Crippen LogP contribution is -2.19. The number of benzene rings is 2. The third-order valence-electron chi connectivity index (χ3n) is 3.56. The first-order chi connectivity index (χ1) is 12.2. The molecule has 3 aromatic rings. The Morgan fingerprint density at radius 2 is 1.96 bits per heavy atom. The number of aromatic nitrogens is 4. The quantitative estimate of drug-likeness (QED) is 0.566. The Bertz CT molecular complexity index is 888. The number of nitrogens with one attached hydrogen (secondary N) is 1. The molecule has 0 radical (unpaired) electrons. The Morgan fingerprint density at radius 1 is 1.16 bits per heavy atom. The van der Waals surface area contributed by atoms with Crippen LogP contribution in [-0.4, -0.2) is 38.9 Å². The molecule has 1 heterocycles. The molecule has 2 aromatic carbocycles. The van der Waals surface area contributed by atoms with E-state index in [1.54, 1.807) is 31.4 Å². The Balaban J connectivity index is 1.69. The van der Waals surface area contributed by atoms with E-state index in [9.17, 15) is 4.79 Å².